The third-order valence-electron chi connectivity index (χ3n) is 5.33. The quantitative estimate of drug-likeness (QED) is 0.831. The molecule has 1 saturated carbocycles. The van der Waals surface area contributed by atoms with Crippen molar-refractivity contribution in [2.24, 2.45) is 18.2 Å². The van der Waals surface area contributed by atoms with Crippen LogP contribution in [-0.2, 0) is 16.6 Å². The second kappa shape index (κ2) is 7.34. The number of hydrogen-bond donors (Lipinski definition) is 2. The van der Waals surface area contributed by atoms with Crippen LogP contribution in [0.25, 0.3) is 11.4 Å². The van der Waals surface area contributed by atoms with E-state index in [4.69, 9.17) is 10.5 Å². The number of aryl methyl sites for hydroxylation is 1. The molecule has 1 fully saturated rings. The highest BCUT2D eigenvalue weighted by Crippen LogP contribution is 2.50. The maximum atomic E-state index is 12.8. The van der Waals surface area contributed by atoms with Gasteiger partial charge in [-0.2, -0.15) is 0 Å². The molecule has 0 radical (unpaired) electrons. The van der Waals surface area contributed by atoms with Crippen molar-refractivity contribution >= 4 is 24.0 Å². The predicted octanol–water partition coefficient (Wildman–Crippen LogP) is 2.37. The number of nitrogens with two attached hydrogens (primary N) is 1. The van der Waals surface area contributed by atoms with E-state index in [0.29, 0.717) is 18.7 Å². The van der Waals surface area contributed by atoms with Crippen molar-refractivity contribution in [2.75, 3.05) is 11.9 Å². The van der Waals surface area contributed by atoms with Gasteiger partial charge < -0.3 is 20.4 Å². The van der Waals surface area contributed by atoms with E-state index in [2.05, 4.69) is 15.5 Å². The lowest BCUT2D eigenvalue weighted by atomic mass is 9.54. The van der Waals surface area contributed by atoms with Gasteiger partial charge in [-0.15, -0.1) is 22.6 Å². The monoisotopic (exact) mass is 379 g/mol. The van der Waals surface area contributed by atoms with Gasteiger partial charge in [-0.3, -0.25) is 4.79 Å². The smallest absolute Gasteiger partial charge is 0.245 e. The predicted molar refractivity (Wildman–Crippen MR) is 103 cm³/mol. The lowest BCUT2D eigenvalue weighted by molar-refractivity contribution is -0.166. The zero-order valence-electron chi connectivity index (χ0n) is 15.5. The SMILES string of the molecule is CCOC1CC(N)(C(=O)Nc2cccc(-c3nncn3C)c2)C1(C)C.Cl. The highest BCUT2D eigenvalue weighted by Gasteiger charge is 2.62. The summed E-state index contributed by atoms with van der Waals surface area (Å²) in [5, 5.41) is 10.9. The van der Waals surface area contributed by atoms with Gasteiger partial charge >= 0.3 is 0 Å². The number of carbonyl (C=O) groups is 1. The summed E-state index contributed by atoms with van der Waals surface area (Å²) < 4.78 is 7.52. The number of ether oxygens (including phenoxy) is 1. The van der Waals surface area contributed by atoms with Gasteiger partial charge in [-0.25, -0.2) is 0 Å². The van der Waals surface area contributed by atoms with Gasteiger partial charge in [-0.05, 0) is 19.1 Å². The van der Waals surface area contributed by atoms with Gasteiger partial charge in [0.2, 0.25) is 5.91 Å². The first kappa shape index (κ1) is 20.4. The summed E-state index contributed by atoms with van der Waals surface area (Å²) in [5.74, 6) is 0.544. The molecular weight excluding hydrogens is 354 g/mol. The molecule has 2 unspecified atom stereocenters. The summed E-state index contributed by atoms with van der Waals surface area (Å²) in [7, 11) is 1.88. The van der Waals surface area contributed by atoms with Crippen LogP contribution < -0.4 is 11.1 Å². The fraction of sp³-hybridized carbons (Fsp3) is 0.500. The molecule has 3 N–H and O–H groups in total. The first-order valence-corrected chi connectivity index (χ1v) is 8.46. The molecule has 2 aromatic rings. The molecule has 0 bridgehead atoms. The topological polar surface area (TPSA) is 95.1 Å². The molecule has 0 saturated heterocycles. The second-order valence-electron chi connectivity index (χ2n) is 7.14. The van der Waals surface area contributed by atoms with E-state index in [-0.39, 0.29) is 24.4 Å². The van der Waals surface area contributed by atoms with Crippen LogP contribution in [0.1, 0.15) is 27.2 Å². The van der Waals surface area contributed by atoms with Gasteiger partial charge in [0.15, 0.2) is 5.82 Å². The maximum Gasteiger partial charge on any atom is 0.245 e. The van der Waals surface area contributed by atoms with Crippen molar-refractivity contribution in [3.05, 3.63) is 30.6 Å². The molecule has 0 spiro atoms. The number of hydrogen-bond acceptors (Lipinski definition) is 5. The molecule has 1 aromatic carbocycles. The molecule has 2 atom stereocenters. The summed E-state index contributed by atoms with van der Waals surface area (Å²) in [4.78, 5) is 12.8. The van der Waals surface area contributed by atoms with Crippen molar-refractivity contribution in [3.63, 3.8) is 0 Å². The number of carbonyl (C=O) groups excluding carboxylic acids is 1. The van der Waals surface area contributed by atoms with Crippen LogP contribution in [0, 0.1) is 5.41 Å². The van der Waals surface area contributed by atoms with Crippen LogP contribution in [0.2, 0.25) is 0 Å². The Labute approximate surface area is 159 Å². The first-order chi connectivity index (χ1) is 11.8. The third-order valence-corrected chi connectivity index (χ3v) is 5.33. The Hall–Kier alpha value is -1.96. The minimum atomic E-state index is -0.951. The van der Waals surface area contributed by atoms with Crippen LogP contribution in [0.5, 0.6) is 0 Å². The van der Waals surface area contributed by atoms with Crippen molar-refractivity contribution < 1.29 is 9.53 Å². The summed E-state index contributed by atoms with van der Waals surface area (Å²) in [6.07, 6.45) is 2.15. The Bertz CT molecular complexity index is 791. The number of nitrogens with one attached hydrogen (secondary N) is 1. The zero-order chi connectivity index (χ0) is 18.2. The lowest BCUT2D eigenvalue weighted by Gasteiger charge is -2.57. The van der Waals surface area contributed by atoms with Gasteiger partial charge in [0.1, 0.15) is 11.9 Å². The van der Waals surface area contributed by atoms with E-state index in [0.717, 1.165) is 11.4 Å². The van der Waals surface area contributed by atoms with Crippen LogP contribution in [0.3, 0.4) is 0 Å². The number of benzene rings is 1. The molecule has 1 aliphatic rings. The number of amides is 1. The minimum Gasteiger partial charge on any atom is -0.378 e. The summed E-state index contributed by atoms with van der Waals surface area (Å²) in [6.45, 7) is 6.52. The molecule has 1 heterocycles. The molecule has 0 aliphatic heterocycles. The van der Waals surface area contributed by atoms with Crippen molar-refractivity contribution in [3.8, 4) is 11.4 Å². The molecule has 1 aliphatic carbocycles. The first-order valence-electron chi connectivity index (χ1n) is 8.46. The average Bonchev–Trinajstić information content (AvgIpc) is 3.00. The van der Waals surface area contributed by atoms with Gasteiger partial charge in [0, 0.05) is 36.7 Å². The number of halogens is 1. The molecule has 1 amide bonds. The van der Waals surface area contributed by atoms with E-state index < -0.39 is 11.0 Å². The largest absolute Gasteiger partial charge is 0.378 e. The fourth-order valence-electron chi connectivity index (χ4n) is 3.34. The Morgan fingerprint density at radius 1 is 1.46 bits per heavy atom. The van der Waals surface area contributed by atoms with Crippen LogP contribution in [0.4, 0.5) is 5.69 Å². The number of rotatable bonds is 5. The van der Waals surface area contributed by atoms with Crippen molar-refractivity contribution in [1.29, 1.82) is 0 Å². The standard InChI is InChI=1S/C18H25N5O2.ClH/c1-5-25-14-10-18(19,17(14,2)3)16(24)21-13-8-6-7-12(9-13)15-22-20-11-23(15)4;/h6-9,11,14H,5,10,19H2,1-4H3,(H,21,24);1H. The van der Waals surface area contributed by atoms with E-state index in [1.807, 2.05) is 56.7 Å². The van der Waals surface area contributed by atoms with Gasteiger partial charge in [0.25, 0.3) is 0 Å². The van der Waals surface area contributed by atoms with Crippen LogP contribution >= 0.6 is 12.4 Å². The average molecular weight is 380 g/mol. The number of nitrogens with zero attached hydrogens (tertiary/aromatic N) is 3. The van der Waals surface area contributed by atoms with Crippen molar-refractivity contribution in [2.45, 2.75) is 38.8 Å². The molecular formula is C18H26ClN5O2. The van der Waals surface area contributed by atoms with E-state index >= 15 is 0 Å². The lowest BCUT2D eigenvalue weighted by Crippen LogP contribution is -2.74. The van der Waals surface area contributed by atoms with Gasteiger partial charge in [0.05, 0.1) is 6.10 Å². The molecule has 8 heteroatoms. The summed E-state index contributed by atoms with van der Waals surface area (Å²) in [6, 6.07) is 7.51. The molecule has 3 rings (SSSR count). The zero-order valence-corrected chi connectivity index (χ0v) is 16.3. The number of anilines is 1. The van der Waals surface area contributed by atoms with Crippen LogP contribution in [0.15, 0.2) is 30.6 Å². The normalized spacial score (nSPS) is 23.7. The summed E-state index contributed by atoms with van der Waals surface area (Å²) >= 11 is 0. The molecule has 7 nitrogen and oxygen atoms in total. The van der Waals surface area contributed by atoms with E-state index in [1.165, 1.54) is 0 Å². The van der Waals surface area contributed by atoms with Crippen molar-refractivity contribution in [1.82, 2.24) is 14.8 Å². The Morgan fingerprint density at radius 2 is 2.19 bits per heavy atom. The van der Waals surface area contributed by atoms with E-state index in [9.17, 15) is 4.79 Å². The van der Waals surface area contributed by atoms with E-state index in [1.54, 1.807) is 6.33 Å². The molecule has 142 valence electrons. The number of aromatic nitrogens is 3. The third kappa shape index (κ3) is 3.22. The molecule has 26 heavy (non-hydrogen) atoms. The Balaban J connectivity index is 0.00000243. The fourth-order valence-corrected chi connectivity index (χ4v) is 3.34. The Morgan fingerprint density at radius 3 is 2.77 bits per heavy atom. The summed E-state index contributed by atoms with van der Waals surface area (Å²) in [5.41, 5.74) is 6.62. The highest BCUT2D eigenvalue weighted by molar-refractivity contribution is 6.00. The molecule has 1 aromatic heterocycles. The maximum absolute atomic E-state index is 12.8. The van der Waals surface area contributed by atoms with Crippen LogP contribution in [-0.4, -0.2) is 38.9 Å². The van der Waals surface area contributed by atoms with Gasteiger partial charge in [-0.1, -0.05) is 26.0 Å². The Kier molecular flexibility index (Phi) is 5.75. The minimum absolute atomic E-state index is 0. The second-order valence-corrected chi connectivity index (χ2v) is 7.14. The highest BCUT2D eigenvalue weighted by atomic mass is 35.5.